The van der Waals surface area contributed by atoms with E-state index in [2.05, 4.69) is 5.32 Å². The highest BCUT2D eigenvalue weighted by Gasteiger charge is 2.33. The number of nitrogens with two attached hydrogens (primary N) is 1. The minimum Gasteiger partial charge on any atom is -0.481 e. The van der Waals surface area contributed by atoms with Crippen molar-refractivity contribution in [2.75, 3.05) is 5.73 Å². The van der Waals surface area contributed by atoms with Gasteiger partial charge < -0.3 is 10.8 Å². The Kier molecular flexibility index (Phi) is 4.70. The number of carboxylic acids is 1. The van der Waals surface area contributed by atoms with Gasteiger partial charge in [-0.2, -0.15) is 0 Å². The first-order valence-corrected chi connectivity index (χ1v) is 9.14. The lowest BCUT2D eigenvalue weighted by atomic mass is 9.96. The molecule has 0 fully saturated rings. The highest BCUT2D eigenvalue weighted by molar-refractivity contribution is 6.23. The lowest BCUT2D eigenvalue weighted by Gasteiger charge is -2.18. The molecule has 154 valence electrons. The molecule has 2 amide bonds. The van der Waals surface area contributed by atoms with Crippen molar-refractivity contribution in [3.8, 4) is 5.69 Å². The van der Waals surface area contributed by atoms with Crippen LogP contribution in [0, 0.1) is 0 Å². The summed E-state index contributed by atoms with van der Waals surface area (Å²) >= 11 is 0. The van der Waals surface area contributed by atoms with Crippen LogP contribution in [0.2, 0.25) is 0 Å². The van der Waals surface area contributed by atoms with E-state index in [1.165, 1.54) is 18.2 Å². The second-order valence-electron chi connectivity index (χ2n) is 6.85. The summed E-state index contributed by atoms with van der Waals surface area (Å²) in [5.74, 6) is -3.54. The zero-order valence-electron chi connectivity index (χ0n) is 15.9. The van der Waals surface area contributed by atoms with Gasteiger partial charge >= 0.3 is 5.97 Å². The highest BCUT2D eigenvalue weighted by Crippen LogP contribution is 2.28. The zero-order chi connectivity index (χ0) is 22.3. The molecular weight excluding hydrogens is 402 g/mol. The fraction of sp³-hybridized carbons (Fsp3) is 0.0455. The first-order valence-electron chi connectivity index (χ1n) is 9.14. The normalized spacial score (nSPS) is 12.4. The van der Waals surface area contributed by atoms with Crippen molar-refractivity contribution >= 4 is 29.4 Å². The van der Waals surface area contributed by atoms with Gasteiger partial charge in [0, 0.05) is 17.2 Å². The number of nitrogens with zero attached hydrogens (tertiary/aromatic N) is 1. The van der Waals surface area contributed by atoms with E-state index < -0.39 is 35.5 Å². The number of amides is 2. The van der Waals surface area contributed by atoms with Crippen molar-refractivity contribution in [2.24, 2.45) is 0 Å². The standard InChI is InChI=1S/C22H15N3O6/c23-20-17-14(21(30)24-22(17)31)10-15(26)25(20)18-12(9-16(27)28)7-4-8-13(18)19(29)11-5-2-1-3-6-11/h1-8,10H,9,23H2,(H,27,28)(H,24,30,31). The third-order valence-corrected chi connectivity index (χ3v) is 4.92. The third kappa shape index (κ3) is 3.27. The van der Waals surface area contributed by atoms with Crippen LogP contribution in [0.5, 0.6) is 0 Å². The molecule has 9 heteroatoms. The Morgan fingerprint density at radius 3 is 2.35 bits per heavy atom. The smallest absolute Gasteiger partial charge is 0.307 e. The van der Waals surface area contributed by atoms with Gasteiger partial charge in [0.05, 0.1) is 23.2 Å². The first-order chi connectivity index (χ1) is 14.8. The molecule has 0 aliphatic carbocycles. The molecule has 3 aromatic rings. The van der Waals surface area contributed by atoms with Gasteiger partial charge in [-0.3, -0.25) is 33.9 Å². The lowest BCUT2D eigenvalue weighted by Crippen LogP contribution is -2.27. The van der Waals surface area contributed by atoms with Crippen LogP contribution in [0.3, 0.4) is 0 Å². The predicted molar refractivity (Wildman–Crippen MR) is 109 cm³/mol. The molecule has 9 nitrogen and oxygen atoms in total. The van der Waals surface area contributed by atoms with E-state index in [1.54, 1.807) is 30.3 Å². The Bertz CT molecular complexity index is 1340. The van der Waals surface area contributed by atoms with Crippen molar-refractivity contribution in [1.29, 1.82) is 0 Å². The van der Waals surface area contributed by atoms with Crippen LogP contribution >= 0.6 is 0 Å². The number of fused-ring (bicyclic) bond motifs is 1. The second-order valence-corrected chi connectivity index (χ2v) is 6.85. The number of nitrogens with one attached hydrogen (secondary N) is 1. The van der Waals surface area contributed by atoms with E-state index in [4.69, 9.17) is 5.73 Å². The molecule has 2 heterocycles. The van der Waals surface area contributed by atoms with E-state index in [0.29, 0.717) is 5.56 Å². The molecule has 2 aromatic carbocycles. The number of pyridine rings is 1. The minimum atomic E-state index is -1.19. The molecular formula is C22H15N3O6. The van der Waals surface area contributed by atoms with Gasteiger partial charge in [0.1, 0.15) is 5.82 Å². The van der Waals surface area contributed by atoms with E-state index in [0.717, 1.165) is 10.6 Å². The maximum absolute atomic E-state index is 13.2. The highest BCUT2D eigenvalue weighted by atomic mass is 16.4. The number of hydrogen-bond donors (Lipinski definition) is 3. The molecule has 0 radical (unpaired) electrons. The molecule has 4 rings (SSSR count). The van der Waals surface area contributed by atoms with Gasteiger partial charge in [-0.25, -0.2) is 0 Å². The van der Waals surface area contributed by atoms with Crippen molar-refractivity contribution < 1.29 is 24.3 Å². The zero-order valence-corrected chi connectivity index (χ0v) is 15.9. The van der Waals surface area contributed by atoms with Gasteiger partial charge in [-0.05, 0) is 11.6 Å². The Labute approximate surface area is 174 Å². The fourth-order valence-corrected chi connectivity index (χ4v) is 3.60. The van der Waals surface area contributed by atoms with E-state index in [9.17, 15) is 29.1 Å². The van der Waals surface area contributed by atoms with Crippen LogP contribution < -0.4 is 16.6 Å². The lowest BCUT2D eigenvalue weighted by molar-refractivity contribution is -0.136. The molecule has 4 N–H and O–H groups in total. The maximum atomic E-state index is 13.2. The molecule has 1 aliphatic heterocycles. The Morgan fingerprint density at radius 2 is 1.68 bits per heavy atom. The van der Waals surface area contributed by atoms with E-state index in [1.807, 2.05) is 0 Å². The van der Waals surface area contributed by atoms with Crippen LogP contribution in [0.1, 0.15) is 42.2 Å². The number of carbonyl (C=O) groups is 4. The molecule has 0 unspecified atom stereocenters. The van der Waals surface area contributed by atoms with Crippen LogP contribution in [-0.2, 0) is 11.2 Å². The summed E-state index contributed by atoms with van der Waals surface area (Å²) in [6.07, 6.45) is -0.501. The average Bonchev–Trinajstić information content (AvgIpc) is 3.02. The number of para-hydroxylation sites is 1. The number of nitrogen functional groups attached to an aromatic ring is 1. The Balaban J connectivity index is 2.05. The van der Waals surface area contributed by atoms with Gasteiger partial charge in [0.25, 0.3) is 17.4 Å². The van der Waals surface area contributed by atoms with Crippen molar-refractivity contribution in [2.45, 2.75) is 6.42 Å². The van der Waals surface area contributed by atoms with Crippen LogP contribution in [0.25, 0.3) is 5.69 Å². The van der Waals surface area contributed by atoms with Crippen molar-refractivity contribution in [3.05, 3.63) is 92.8 Å². The quantitative estimate of drug-likeness (QED) is 0.417. The number of rotatable bonds is 5. The number of carbonyl (C=O) groups excluding carboxylic acids is 3. The van der Waals surface area contributed by atoms with Crippen LogP contribution in [-0.4, -0.2) is 33.2 Å². The number of hydrogen-bond acceptors (Lipinski definition) is 6. The van der Waals surface area contributed by atoms with E-state index in [-0.39, 0.29) is 33.8 Å². The number of carboxylic acid groups (broad SMARTS) is 1. The largest absolute Gasteiger partial charge is 0.481 e. The fourth-order valence-electron chi connectivity index (χ4n) is 3.60. The average molecular weight is 417 g/mol. The first kappa shape index (κ1) is 19.8. The van der Waals surface area contributed by atoms with Gasteiger partial charge in [0.2, 0.25) is 0 Å². The predicted octanol–water partition coefficient (Wildman–Crippen LogP) is 1.16. The number of imide groups is 1. The molecule has 0 saturated heterocycles. The monoisotopic (exact) mass is 417 g/mol. The van der Waals surface area contributed by atoms with Crippen molar-refractivity contribution in [1.82, 2.24) is 9.88 Å². The van der Waals surface area contributed by atoms with Crippen LogP contribution in [0.4, 0.5) is 5.82 Å². The summed E-state index contributed by atoms with van der Waals surface area (Å²) in [5, 5.41) is 11.4. The van der Waals surface area contributed by atoms with Gasteiger partial charge in [-0.15, -0.1) is 0 Å². The number of benzene rings is 2. The molecule has 31 heavy (non-hydrogen) atoms. The summed E-state index contributed by atoms with van der Waals surface area (Å²) < 4.78 is 0.908. The van der Waals surface area contributed by atoms with Crippen molar-refractivity contribution in [3.63, 3.8) is 0 Å². The second kappa shape index (κ2) is 7.38. The summed E-state index contributed by atoms with van der Waals surface area (Å²) in [5.41, 5.74) is 5.42. The Morgan fingerprint density at radius 1 is 0.968 bits per heavy atom. The molecule has 0 spiro atoms. The molecule has 0 bridgehead atoms. The minimum absolute atomic E-state index is 0.0310. The number of aromatic nitrogens is 1. The maximum Gasteiger partial charge on any atom is 0.307 e. The summed E-state index contributed by atoms with van der Waals surface area (Å²) in [6, 6.07) is 13.6. The molecule has 0 atom stereocenters. The van der Waals surface area contributed by atoms with Gasteiger partial charge in [-0.1, -0.05) is 42.5 Å². The van der Waals surface area contributed by atoms with Gasteiger partial charge in [0.15, 0.2) is 5.78 Å². The molecule has 1 aromatic heterocycles. The molecule has 1 aliphatic rings. The van der Waals surface area contributed by atoms with E-state index >= 15 is 0 Å². The number of aliphatic carboxylic acids is 1. The third-order valence-electron chi connectivity index (χ3n) is 4.92. The summed E-state index contributed by atoms with van der Waals surface area (Å²) in [7, 11) is 0. The molecule has 0 saturated carbocycles. The number of ketones is 1. The summed E-state index contributed by atoms with van der Waals surface area (Å²) in [4.78, 5) is 61.7. The summed E-state index contributed by atoms with van der Waals surface area (Å²) in [6.45, 7) is 0. The Hall–Kier alpha value is -4.53. The van der Waals surface area contributed by atoms with Crippen LogP contribution in [0.15, 0.2) is 59.4 Å². The topological polar surface area (TPSA) is 149 Å². The number of anilines is 1. The SMILES string of the molecule is Nc1c2c(cc(=O)n1-c1c(CC(=O)O)cccc1C(=O)c1ccccc1)C(=O)NC2=O.